The van der Waals surface area contributed by atoms with Crippen molar-refractivity contribution in [3.63, 3.8) is 0 Å². The molecule has 2 aromatic rings. The molecule has 0 amide bonds. The van der Waals surface area contributed by atoms with Crippen molar-refractivity contribution in [3.8, 4) is 0 Å². The smallest absolute Gasteiger partial charge is 0.307 e. The lowest BCUT2D eigenvalue weighted by Gasteiger charge is -2.30. The molecule has 1 aromatic heterocycles. The molecule has 8 heteroatoms. The first-order valence-electron chi connectivity index (χ1n) is 12.3. The number of likely N-dealkylation sites (tertiary alicyclic amines) is 1. The summed E-state index contributed by atoms with van der Waals surface area (Å²) in [6.45, 7) is 7.42. The Kier molecular flexibility index (Phi) is 18.1. The average molecular weight is 588 g/mol. The molecule has 2 aliphatic rings. The molecule has 0 aliphatic carbocycles. The van der Waals surface area contributed by atoms with Gasteiger partial charge in [0.25, 0.3) is 0 Å². The standard InChI is InChI=1S/C13H18ClNOS.C8H8O2.C5H11N.CH3Br/c1-2-10-5-7-15(8-6-10)9-11(16)12-3-4-13(14)17-12;9-8(10)6-7-4-2-1-3-5-7;1-2-4-6-5-3-1;1-2/h3-4,10H,2,5-9H2,1H3;1-5H,6H2,(H,9,10);6H,1-5H2;1H3. The van der Waals surface area contributed by atoms with Gasteiger partial charge in [0, 0.05) is 0 Å². The molecule has 0 unspecified atom stereocenters. The SMILES string of the molecule is C1CCNCC1.CBr.CCC1CCN(CC(=O)c2ccc(Cl)s2)CC1.O=C(O)Cc1ccccc1. The second kappa shape index (κ2) is 19.9. The Morgan fingerprint density at radius 2 is 1.69 bits per heavy atom. The third-order valence-electron chi connectivity index (χ3n) is 5.91. The average Bonchev–Trinajstić information content (AvgIpc) is 3.34. The summed E-state index contributed by atoms with van der Waals surface area (Å²) in [6.07, 6.45) is 8.06. The first-order chi connectivity index (χ1) is 17.0. The number of ketones is 1. The van der Waals surface area contributed by atoms with Gasteiger partial charge in [-0.25, -0.2) is 0 Å². The van der Waals surface area contributed by atoms with Crippen molar-refractivity contribution in [2.75, 3.05) is 38.6 Å². The van der Waals surface area contributed by atoms with Gasteiger partial charge in [-0.05, 0) is 81.3 Å². The van der Waals surface area contributed by atoms with Crippen molar-refractivity contribution >= 4 is 50.6 Å². The van der Waals surface area contributed by atoms with Crippen LogP contribution in [0.4, 0.5) is 0 Å². The quantitative estimate of drug-likeness (QED) is 0.288. The number of Topliss-reactive ketones (excluding diaryl/α,β-unsaturated/α-hetero) is 1. The van der Waals surface area contributed by atoms with Crippen LogP contribution in [0.5, 0.6) is 0 Å². The zero-order valence-electron chi connectivity index (χ0n) is 21.0. The van der Waals surface area contributed by atoms with Crippen LogP contribution in [0.1, 0.15) is 60.7 Å². The maximum absolute atomic E-state index is 12.0. The van der Waals surface area contributed by atoms with E-state index in [4.69, 9.17) is 16.7 Å². The van der Waals surface area contributed by atoms with Crippen LogP contribution in [-0.4, -0.2) is 60.3 Å². The molecule has 0 atom stereocenters. The van der Waals surface area contributed by atoms with Gasteiger partial charge in [0.2, 0.25) is 0 Å². The van der Waals surface area contributed by atoms with Gasteiger partial charge in [0.05, 0.1) is 22.2 Å². The summed E-state index contributed by atoms with van der Waals surface area (Å²) in [5.41, 5.74) is 0.843. The molecule has 0 radical (unpaired) electrons. The van der Waals surface area contributed by atoms with E-state index in [-0.39, 0.29) is 12.2 Å². The molecule has 5 nitrogen and oxygen atoms in total. The number of nitrogens with one attached hydrogen (secondary N) is 1. The third-order valence-corrected chi connectivity index (χ3v) is 7.18. The predicted octanol–water partition coefficient (Wildman–Crippen LogP) is 6.79. The fourth-order valence-electron chi connectivity index (χ4n) is 3.87. The number of thiophene rings is 1. The normalized spacial score (nSPS) is 15.9. The lowest BCUT2D eigenvalue weighted by atomic mass is 9.94. The van der Waals surface area contributed by atoms with Gasteiger partial charge < -0.3 is 10.4 Å². The van der Waals surface area contributed by atoms with Crippen LogP contribution >= 0.6 is 38.9 Å². The minimum Gasteiger partial charge on any atom is -0.481 e. The van der Waals surface area contributed by atoms with Crippen molar-refractivity contribution in [1.82, 2.24) is 10.2 Å². The number of piperidine rings is 2. The number of rotatable bonds is 6. The van der Waals surface area contributed by atoms with Gasteiger partial charge in [-0.3, -0.25) is 14.5 Å². The highest BCUT2D eigenvalue weighted by molar-refractivity contribution is 9.08. The second-order valence-electron chi connectivity index (χ2n) is 8.52. The third kappa shape index (κ3) is 14.8. The molecule has 0 saturated carbocycles. The molecule has 0 bridgehead atoms. The molecule has 4 rings (SSSR count). The Bertz CT molecular complexity index is 811. The van der Waals surface area contributed by atoms with Crippen LogP contribution in [0.25, 0.3) is 0 Å². The number of halogens is 2. The van der Waals surface area contributed by atoms with E-state index in [0.717, 1.165) is 29.4 Å². The molecule has 2 fully saturated rings. The summed E-state index contributed by atoms with van der Waals surface area (Å²) in [5, 5.41) is 11.7. The zero-order chi connectivity index (χ0) is 25.9. The Labute approximate surface area is 228 Å². The minimum absolute atomic E-state index is 0.112. The molecular weight excluding hydrogens is 548 g/mol. The van der Waals surface area contributed by atoms with Crippen LogP contribution < -0.4 is 5.32 Å². The first-order valence-corrected chi connectivity index (χ1v) is 15.1. The molecule has 196 valence electrons. The van der Waals surface area contributed by atoms with Gasteiger partial charge in [0.1, 0.15) is 0 Å². The number of benzene rings is 1. The van der Waals surface area contributed by atoms with E-state index < -0.39 is 5.97 Å². The number of aliphatic carboxylic acids is 1. The number of carboxylic acids is 1. The van der Waals surface area contributed by atoms with Crippen LogP contribution in [0.15, 0.2) is 42.5 Å². The van der Waals surface area contributed by atoms with E-state index in [1.165, 1.54) is 63.0 Å². The van der Waals surface area contributed by atoms with Crippen LogP contribution in [0, 0.1) is 5.92 Å². The highest BCUT2D eigenvalue weighted by atomic mass is 79.9. The van der Waals surface area contributed by atoms with Gasteiger partial charge >= 0.3 is 5.97 Å². The highest BCUT2D eigenvalue weighted by Crippen LogP contribution is 2.23. The van der Waals surface area contributed by atoms with Crippen LogP contribution in [0.3, 0.4) is 0 Å². The molecular formula is C27H40BrClN2O3S. The summed E-state index contributed by atoms with van der Waals surface area (Å²) in [7, 11) is 0. The van der Waals surface area contributed by atoms with E-state index in [0.29, 0.717) is 10.9 Å². The number of nitrogens with zero attached hydrogens (tertiary/aromatic N) is 1. The summed E-state index contributed by atoms with van der Waals surface area (Å²) < 4.78 is 0.693. The second-order valence-corrected chi connectivity index (χ2v) is 10.2. The molecule has 2 aliphatic heterocycles. The molecule has 2 saturated heterocycles. The number of carboxylic acid groups (broad SMARTS) is 1. The van der Waals surface area contributed by atoms with Crippen molar-refractivity contribution in [2.45, 2.75) is 51.9 Å². The van der Waals surface area contributed by atoms with E-state index in [1.807, 2.05) is 30.1 Å². The minimum atomic E-state index is -0.786. The highest BCUT2D eigenvalue weighted by Gasteiger charge is 2.20. The molecule has 0 spiro atoms. The Morgan fingerprint density at radius 1 is 1.06 bits per heavy atom. The van der Waals surface area contributed by atoms with Crippen molar-refractivity contribution in [2.24, 2.45) is 5.92 Å². The summed E-state index contributed by atoms with van der Waals surface area (Å²) >= 11 is 10.2. The summed E-state index contributed by atoms with van der Waals surface area (Å²) in [5.74, 6) is 2.09. The number of hydrogen-bond acceptors (Lipinski definition) is 5. The Balaban J connectivity index is 0.000000287. The maximum Gasteiger partial charge on any atom is 0.307 e. The fraction of sp³-hybridized carbons (Fsp3) is 0.556. The van der Waals surface area contributed by atoms with Gasteiger partial charge in [-0.1, -0.05) is 77.6 Å². The predicted molar refractivity (Wildman–Crippen MR) is 152 cm³/mol. The Hall–Kier alpha value is -1.25. The van der Waals surface area contributed by atoms with Gasteiger partial charge in [-0.2, -0.15) is 0 Å². The lowest BCUT2D eigenvalue weighted by molar-refractivity contribution is -0.136. The largest absolute Gasteiger partial charge is 0.481 e. The van der Waals surface area contributed by atoms with Crippen LogP contribution in [-0.2, 0) is 11.2 Å². The van der Waals surface area contributed by atoms with E-state index in [9.17, 15) is 9.59 Å². The number of carbonyl (C=O) groups is 2. The topological polar surface area (TPSA) is 69.6 Å². The Morgan fingerprint density at radius 3 is 2.11 bits per heavy atom. The summed E-state index contributed by atoms with van der Waals surface area (Å²) in [4.78, 5) is 25.2. The van der Waals surface area contributed by atoms with Crippen molar-refractivity contribution < 1.29 is 14.7 Å². The molecule has 35 heavy (non-hydrogen) atoms. The van der Waals surface area contributed by atoms with E-state index >= 15 is 0 Å². The lowest BCUT2D eigenvalue weighted by Crippen LogP contribution is -2.37. The van der Waals surface area contributed by atoms with Crippen molar-refractivity contribution in [1.29, 1.82) is 0 Å². The fourth-order valence-corrected chi connectivity index (χ4v) is 4.84. The zero-order valence-corrected chi connectivity index (χ0v) is 24.1. The monoisotopic (exact) mass is 586 g/mol. The molecule has 3 heterocycles. The number of carbonyl (C=O) groups excluding carboxylic acids is 1. The van der Waals surface area contributed by atoms with Gasteiger partial charge in [0.15, 0.2) is 5.78 Å². The summed E-state index contributed by atoms with van der Waals surface area (Å²) in [6, 6.07) is 12.8. The van der Waals surface area contributed by atoms with E-state index in [1.54, 1.807) is 18.2 Å². The number of hydrogen-bond donors (Lipinski definition) is 2. The molecule has 2 N–H and O–H groups in total. The maximum atomic E-state index is 12.0. The van der Waals surface area contributed by atoms with Gasteiger partial charge in [-0.15, -0.1) is 11.3 Å². The number of alkyl halides is 1. The van der Waals surface area contributed by atoms with Crippen LogP contribution in [0.2, 0.25) is 4.34 Å². The first kappa shape index (κ1) is 31.8. The van der Waals surface area contributed by atoms with E-state index in [2.05, 4.69) is 33.1 Å². The van der Waals surface area contributed by atoms with Crippen molar-refractivity contribution in [3.05, 3.63) is 57.2 Å². The molecule has 1 aromatic carbocycles.